The molecule has 0 radical (unpaired) electrons. The van der Waals surface area contributed by atoms with E-state index < -0.39 is 18.0 Å². The van der Waals surface area contributed by atoms with Crippen molar-refractivity contribution in [3.05, 3.63) is 59.0 Å². The van der Waals surface area contributed by atoms with Crippen LogP contribution in [0.25, 0.3) is 0 Å². The van der Waals surface area contributed by atoms with E-state index in [2.05, 4.69) is 10.5 Å². The lowest BCUT2D eigenvalue weighted by molar-refractivity contribution is -0.123. The lowest BCUT2D eigenvalue weighted by Crippen LogP contribution is -2.30. The number of anilines is 1. The summed E-state index contributed by atoms with van der Waals surface area (Å²) < 4.78 is 32.1. The van der Waals surface area contributed by atoms with Crippen LogP contribution in [0.5, 0.6) is 23.0 Å². The molecule has 10 heteroatoms. The van der Waals surface area contributed by atoms with Crippen LogP contribution in [0.3, 0.4) is 0 Å². The zero-order valence-corrected chi connectivity index (χ0v) is 20.5. The predicted octanol–water partition coefficient (Wildman–Crippen LogP) is 4.08. The van der Waals surface area contributed by atoms with Crippen LogP contribution in [0.4, 0.5) is 5.69 Å². The Balaban J connectivity index is 1.66. The lowest BCUT2D eigenvalue weighted by atomic mass is 10.2. The number of esters is 1. The van der Waals surface area contributed by atoms with E-state index in [1.807, 2.05) is 6.92 Å². The molecule has 35 heavy (non-hydrogen) atoms. The number of hydrogen-bond donors (Lipinski definition) is 1. The number of hydrogen-bond acceptors (Lipinski definition) is 9. The highest BCUT2D eigenvalue weighted by atomic mass is 16.5. The molecule has 1 amide bonds. The van der Waals surface area contributed by atoms with Gasteiger partial charge in [-0.3, -0.25) is 4.79 Å². The molecule has 186 valence electrons. The van der Waals surface area contributed by atoms with E-state index in [-0.39, 0.29) is 12.2 Å². The van der Waals surface area contributed by atoms with Gasteiger partial charge in [-0.05, 0) is 51.1 Å². The molecule has 1 aromatic heterocycles. The van der Waals surface area contributed by atoms with E-state index in [9.17, 15) is 9.59 Å². The number of rotatable bonds is 10. The second kappa shape index (κ2) is 11.3. The first-order valence-corrected chi connectivity index (χ1v) is 10.7. The number of aromatic nitrogens is 1. The van der Waals surface area contributed by atoms with Crippen molar-refractivity contribution < 1.29 is 37.8 Å². The summed E-state index contributed by atoms with van der Waals surface area (Å²) in [5.74, 6) is 1.19. The van der Waals surface area contributed by atoms with E-state index in [4.69, 9.17) is 28.2 Å². The molecule has 2 aromatic carbocycles. The van der Waals surface area contributed by atoms with Gasteiger partial charge in [-0.25, -0.2) is 4.79 Å². The molecular formula is C25H28N2O8. The molecule has 1 N–H and O–H groups in total. The minimum atomic E-state index is -1.08. The lowest BCUT2D eigenvalue weighted by Gasteiger charge is -2.16. The summed E-state index contributed by atoms with van der Waals surface area (Å²) in [5.41, 5.74) is 2.16. The fourth-order valence-corrected chi connectivity index (χ4v) is 3.20. The average Bonchev–Trinajstić information content (AvgIpc) is 3.19. The molecule has 3 rings (SSSR count). The van der Waals surface area contributed by atoms with Crippen LogP contribution in [0.15, 0.2) is 40.9 Å². The fourth-order valence-electron chi connectivity index (χ4n) is 3.20. The second-order valence-corrected chi connectivity index (χ2v) is 7.56. The van der Waals surface area contributed by atoms with Crippen molar-refractivity contribution in [2.24, 2.45) is 0 Å². The van der Waals surface area contributed by atoms with Gasteiger partial charge in [0.05, 0.1) is 43.8 Å². The molecule has 1 atom stereocenters. The van der Waals surface area contributed by atoms with E-state index >= 15 is 0 Å². The van der Waals surface area contributed by atoms with Crippen LogP contribution in [0.2, 0.25) is 0 Å². The average molecular weight is 485 g/mol. The first-order chi connectivity index (χ1) is 16.8. The second-order valence-electron chi connectivity index (χ2n) is 7.56. The van der Waals surface area contributed by atoms with Crippen LogP contribution < -0.4 is 24.3 Å². The third kappa shape index (κ3) is 6.03. The van der Waals surface area contributed by atoms with Crippen molar-refractivity contribution >= 4 is 17.6 Å². The topological polar surface area (TPSA) is 118 Å². The van der Waals surface area contributed by atoms with Gasteiger partial charge in [0.25, 0.3) is 5.91 Å². The summed E-state index contributed by atoms with van der Waals surface area (Å²) in [4.78, 5) is 25.3. The Morgan fingerprint density at radius 3 is 2.31 bits per heavy atom. The number of nitrogens with zero attached hydrogens (tertiary/aromatic N) is 1. The molecule has 0 saturated heterocycles. The van der Waals surface area contributed by atoms with Crippen LogP contribution in [-0.2, 0) is 16.1 Å². The van der Waals surface area contributed by atoms with Gasteiger partial charge in [0, 0.05) is 6.07 Å². The fraction of sp³-hybridized carbons (Fsp3) is 0.320. The van der Waals surface area contributed by atoms with Crippen LogP contribution >= 0.6 is 0 Å². The Bertz CT molecular complexity index is 1180. The van der Waals surface area contributed by atoms with Gasteiger partial charge in [0.2, 0.25) is 0 Å². The Kier molecular flexibility index (Phi) is 8.19. The summed E-state index contributed by atoms with van der Waals surface area (Å²) >= 11 is 0. The maximum Gasteiger partial charge on any atom is 0.339 e. The van der Waals surface area contributed by atoms with Crippen molar-refractivity contribution in [3.8, 4) is 23.0 Å². The van der Waals surface area contributed by atoms with Crippen molar-refractivity contribution in [1.29, 1.82) is 0 Å². The van der Waals surface area contributed by atoms with E-state index in [1.54, 1.807) is 31.2 Å². The zero-order valence-electron chi connectivity index (χ0n) is 20.5. The van der Waals surface area contributed by atoms with Gasteiger partial charge in [-0.2, -0.15) is 0 Å². The number of aryl methyl sites for hydroxylation is 2. The third-order valence-corrected chi connectivity index (χ3v) is 5.27. The third-order valence-electron chi connectivity index (χ3n) is 5.27. The first kappa shape index (κ1) is 25.4. The van der Waals surface area contributed by atoms with Gasteiger partial charge in [-0.1, -0.05) is 5.16 Å². The number of benzene rings is 2. The van der Waals surface area contributed by atoms with Crippen molar-refractivity contribution in [2.75, 3.05) is 26.6 Å². The van der Waals surface area contributed by atoms with Gasteiger partial charge >= 0.3 is 5.97 Å². The van der Waals surface area contributed by atoms with Crippen LogP contribution in [-0.4, -0.2) is 44.5 Å². The Hall–Kier alpha value is -4.21. The SMILES string of the molecule is COc1ccc(OC)c(NC(=O)C(C)OC(=O)c2ccc(OCc3c(C)noc3C)c(OC)c2)c1. The molecule has 3 aromatic rings. The maximum atomic E-state index is 12.7. The Morgan fingerprint density at radius 2 is 1.69 bits per heavy atom. The number of amides is 1. The minimum absolute atomic E-state index is 0.199. The Morgan fingerprint density at radius 1 is 0.971 bits per heavy atom. The largest absolute Gasteiger partial charge is 0.497 e. The van der Waals surface area contributed by atoms with Gasteiger partial charge in [-0.15, -0.1) is 0 Å². The van der Waals surface area contributed by atoms with Crippen LogP contribution in [0.1, 0.15) is 34.3 Å². The molecule has 1 unspecified atom stereocenters. The summed E-state index contributed by atoms with van der Waals surface area (Å²) in [6.07, 6.45) is -1.08. The molecule has 0 aliphatic rings. The highest BCUT2D eigenvalue weighted by molar-refractivity contribution is 5.98. The van der Waals surface area contributed by atoms with E-state index in [0.717, 1.165) is 11.3 Å². The Labute approximate surface area is 203 Å². The molecule has 0 spiro atoms. The van der Waals surface area contributed by atoms with Crippen LogP contribution in [0, 0.1) is 13.8 Å². The standard InChI is InChI=1S/C25H28N2O8/c1-14-19(15(2)35-27-14)13-33-22-9-7-17(11-23(22)32-6)25(29)34-16(3)24(28)26-20-12-18(30-4)8-10-21(20)31-5/h7-12,16H,13H2,1-6H3,(H,26,28). The number of nitrogens with one attached hydrogen (secondary N) is 1. The van der Waals surface area contributed by atoms with Crippen molar-refractivity contribution in [3.63, 3.8) is 0 Å². The zero-order chi connectivity index (χ0) is 25.5. The quantitative estimate of drug-likeness (QED) is 0.425. The van der Waals surface area contributed by atoms with E-state index in [0.29, 0.717) is 34.4 Å². The highest BCUT2D eigenvalue weighted by Gasteiger charge is 2.22. The monoisotopic (exact) mass is 484 g/mol. The molecule has 0 aliphatic carbocycles. The molecule has 0 fully saturated rings. The predicted molar refractivity (Wildman–Crippen MR) is 126 cm³/mol. The summed E-state index contributed by atoms with van der Waals surface area (Å²) in [5, 5.41) is 6.59. The number of carbonyl (C=O) groups is 2. The summed E-state index contributed by atoms with van der Waals surface area (Å²) in [7, 11) is 4.46. The van der Waals surface area contributed by atoms with Crippen molar-refractivity contribution in [1.82, 2.24) is 5.16 Å². The smallest absolute Gasteiger partial charge is 0.339 e. The molecule has 1 heterocycles. The molecular weight excluding hydrogens is 456 g/mol. The first-order valence-electron chi connectivity index (χ1n) is 10.7. The van der Waals surface area contributed by atoms with E-state index in [1.165, 1.54) is 40.4 Å². The molecule has 0 saturated carbocycles. The summed E-state index contributed by atoms with van der Waals surface area (Å²) in [6.45, 7) is 5.33. The minimum Gasteiger partial charge on any atom is -0.497 e. The molecule has 0 bridgehead atoms. The van der Waals surface area contributed by atoms with Gasteiger partial charge in [0.15, 0.2) is 17.6 Å². The number of carbonyl (C=O) groups excluding carboxylic acids is 2. The normalized spacial score (nSPS) is 11.4. The van der Waals surface area contributed by atoms with Crippen molar-refractivity contribution in [2.45, 2.75) is 33.5 Å². The van der Waals surface area contributed by atoms with Gasteiger partial charge in [0.1, 0.15) is 23.9 Å². The maximum absolute atomic E-state index is 12.7. The highest BCUT2D eigenvalue weighted by Crippen LogP contribution is 2.31. The number of methoxy groups -OCH3 is 3. The number of ether oxygens (including phenoxy) is 5. The summed E-state index contributed by atoms with van der Waals surface area (Å²) in [6, 6.07) is 9.58. The molecule has 0 aliphatic heterocycles. The molecule has 10 nitrogen and oxygen atoms in total. The van der Waals surface area contributed by atoms with Gasteiger partial charge < -0.3 is 33.5 Å².